The number of carbonyl (C=O) groups excluding carboxylic acids is 3. The van der Waals surface area contributed by atoms with Crippen molar-refractivity contribution in [3.05, 3.63) is 24.3 Å². The van der Waals surface area contributed by atoms with Gasteiger partial charge in [-0.05, 0) is 47.0 Å². The van der Waals surface area contributed by atoms with Crippen LogP contribution < -0.4 is 0 Å². The van der Waals surface area contributed by atoms with Crippen LogP contribution in [0.2, 0.25) is 0 Å². The molecule has 8 heteroatoms. The SMILES string of the molecule is CC(C)(C)N1CC=C[C@]23S[C@@]4(C)/C=C\CCCCOC(=O)[C@H]4[C@H]2C(=O)N(CCO)C3C1=O. The van der Waals surface area contributed by atoms with E-state index in [1.54, 1.807) is 4.90 Å². The molecule has 2 saturated heterocycles. The lowest BCUT2D eigenvalue weighted by atomic mass is 9.74. The minimum absolute atomic E-state index is 0.0637. The largest absolute Gasteiger partial charge is 0.465 e. The molecule has 1 N–H and O–H groups in total. The maximum Gasteiger partial charge on any atom is 0.311 e. The number of likely N-dealkylation sites (tertiary alicyclic amines) is 1. The molecule has 0 bridgehead atoms. The van der Waals surface area contributed by atoms with Crippen molar-refractivity contribution in [2.24, 2.45) is 11.8 Å². The molecule has 1 spiro atoms. The van der Waals surface area contributed by atoms with Gasteiger partial charge in [0.2, 0.25) is 11.8 Å². The van der Waals surface area contributed by atoms with Crippen LogP contribution in [0.1, 0.15) is 47.0 Å². The Morgan fingerprint density at radius 3 is 2.56 bits per heavy atom. The van der Waals surface area contributed by atoms with E-state index >= 15 is 0 Å². The van der Waals surface area contributed by atoms with Crippen LogP contribution in [0.5, 0.6) is 0 Å². The van der Waals surface area contributed by atoms with Gasteiger partial charge < -0.3 is 19.6 Å². The number of thioether (sulfide) groups is 1. The zero-order valence-electron chi connectivity index (χ0n) is 19.4. The third-order valence-corrected chi connectivity index (χ3v) is 8.95. The van der Waals surface area contributed by atoms with Crippen LogP contribution in [0.15, 0.2) is 24.3 Å². The van der Waals surface area contributed by atoms with Crippen molar-refractivity contribution in [3.8, 4) is 0 Å². The molecule has 32 heavy (non-hydrogen) atoms. The van der Waals surface area contributed by atoms with Gasteiger partial charge in [0, 0.05) is 23.4 Å². The van der Waals surface area contributed by atoms with Gasteiger partial charge in [-0.3, -0.25) is 14.4 Å². The van der Waals surface area contributed by atoms with Gasteiger partial charge in [-0.25, -0.2) is 0 Å². The Morgan fingerprint density at radius 1 is 1.12 bits per heavy atom. The minimum atomic E-state index is -0.889. The van der Waals surface area contributed by atoms with Crippen molar-refractivity contribution in [3.63, 3.8) is 0 Å². The number of aliphatic hydroxyl groups excluding tert-OH is 1. The highest BCUT2D eigenvalue weighted by atomic mass is 32.2. The van der Waals surface area contributed by atoms with Crippen molar-refractivity contribution in [2.75, 3.05) is 26.3 Å². The molecule has 176 valence electrons. The number of hydrogen-bond donors (Lipinski definition) is 1. The van der Waals surface area contributed by atoms with Gasteiger partial charge >= 0.3 is 5.97 Å². The lowest BCUT2D eigenvalue weighted by Gasteiger charge is -2.40. The van der Waals surface area contributed by atoms with Crippen molar-refractivity contribution < 1.29 is 24.2 Å². The Kier molecular flexibility index (Phi) is 5.99. The molecule has 0 aliphatic carbocycles. The van der Waals surface area contributed by atoms with Crippen LogP contribution in [0.3, 0.4) is 0 Å². The summed E-state index contributed by atoms with van der Waals surface area (Å²) in [5, 5.41) is 9.72. The van der Waals surface area contributed by atoms with Crippen LogP contribution in [0.4, 0.5) is 0 Å². The summed E-state index contributed by atoms with van der Waals surface area (Å²) in [6.07, 6.45) is 10.7. The lowest BCUT2D eigenvalue weighted by Crippen LogP contribution is -2.57. The number of amides is 2. The Labute approximate surface area is 194 Å². The predicted octanol–water partition coefficient (Wildman–Crippen LogP) is 2.15. The van der Waals surface area contributed by atoms with E-state index in [9.17, 15) is 19.5 Å². The van der Waals surface area contributed by atoms with E-state index in [-0.39, 0.29) is 30.9 Å². The number of esters is 1. The van der Waals surface area contributed by atoms with E-state index in [0.717, 1.165) is 19.3 Å². The maximum atomic E-state index is 13.9. The fourth-order valence-corrected chi connectivity index (χ4v) is 7.90. The van der Waals surface area contributed by atoms with Crippen molar-refractivity contribution in [2.45, 2.75) is 68.0 Å². The first-order chi connectivity index (χ1) is 15.1. The second kappa shape index (κ2) is 8.20. The molecule has 5 atom stereocenters. The number of hydrogen-bond acceptors (Lipinski definition) is 6. The molecular formula is C24H34N2O5S. The highest BCUT2D eigenvalue weighted by Crippen LogP contribution is 2.65. The van der Waals surface area contributed by atoms with Crippen molar-refractivity contribution >= 4 is 29.5 Å². The van der Waals surface area contributed by atoms with Crippen molar-refractivity contribution in [1.82, 2.24) is 9.80 Å². The highest BCUT2D eigenvalue weighted by Gasteiger charge is 2.74. The van der Waals surface area contributed by atoms with Gasteiger partial charge in [-0.15, -0.1) is 11.8 Å². The normalized spacial score (nSPS) is 38.7. The summed E-state index contributed by atoms with van der Waals surface area (Å²) in [5.74, 6) is -2.17. The summed E-state index contributed by atoms with van der Waals surface area (Å²) in [4.78, 5) is 44.4. The first-order valence-electron chi connectivity index (χ1n) is 11.5. The molecule has 0 aromatic heterocycles. The number of nitrogens with zero attached hydrogens (tertiary/aromatic N) is 2. The maximum absolute atomic E-state index is 13.9. The molecule has 2 amide bonds. The van der Waals surface area contributed by atoms with E-state index in [4.69, 9.17) is 4.74 Å². The number of rotatable bonds is 2. The number of fused-ring (bicyclic) bond motifs is 2. The molecule has 7 nitrogen and oxygen atoms in total. The van der Waals surface area contributed by atoms with E-state index in [1.807, 2.05) is 45.9 Å². The summed E-state index contributed by atoms with van der Waals surface area (Å²) in [5.41, 5.74) is -0.428. The number of β-amino-alcohol motifs (C(OH)–C–C–N with tert-alkyl or cyclic N) is 1. The van der Waals surface area contributed by atoms with E-state index < -0.39 is 32.9 Å². The first-order valence-corrected chi connectivity index (χ1v) is 12.3. The lowest BCUT2D eigenvalue weighted by molar-refractivity contribution is -0.154. The van der Waals surface area contributed by atoms with E-state index in [2.05, 4.69) is 6.08 Å². The average molecular weight is 463 g/mol. The first kappa shape index (κ1) is 23.4. The van der Waals surface area contributed by atoms with Gasteiger partial charge in [0.1, 0.15) is 6.04 Å². The molecule has 0 saturated carbocycles. The number of ether oxygens (including phenoxy) is 1. The molecule has 1 unspecified atom stereocenters. The Morgan fingerprint density at radius 2 is 1.88 bits per heavy atom. The molecule has 4 heterocycles. The smallest absolute Gasteiger partial charge is 0.311 e. The summed E-state index contributed by atoms with van der Waals surface area (Å²) in [6, 6.07) is -0.772. The molecule has 2 fully saturated rings. The van der Waals surface area contributed by atoms with Crippen LogP contribution >= 0.6 is 11.8 Å². The van der Waals surface area contributed by atoms with Crippen LogP contribution in [-0.4, -0.2) is 80.1 Å². The molecule has 0 aromatic carbocycles. The van der Waals surface area contributed by atoms with Gasteiger partial charge in [0.25, 0.3) is 0 Å². The number of cyclic esters (lactones) is 1. The third kappa shape index (κ3) is 3.50. The Balaban J connectivity index is 1.87. The number of aliphatic hydroxyl groups is 1. The zero-order valence-corrected chi connectivity index (χ0v) is 20.2. The van der Waals surface area contributed by atoms with Crippen molar-refractivity contribution in [1.29, 1.82) is 0 Å². The quantitative estimate of drug-likeness (QED) is 0.500. The number of allylic oxidation sites excluding steroid dienone is 1. The molecule has 0 radical (unpaired) electrons. The Bertz CT molecular complexity index is 865. The summed E-state index contributed by atoms with van der Waals surface area (Å²) in [7, 11) is 0. The third-order valence-electron chi connectivity index (χ3n) is 7.15. The molecule has 0 aromatic rings. The molecule has 4 aliphatic rings. The van der Waals surface area contributed by atoms with Gasteiger partial charge in [-0.2, -0.15) is 0 Å². The van der Waals surface area contributed by atoms with Crippen LogP contribution in [0, 0.1) is 11.8 Å². The number of carbonyl (C=O) groups is 3. The average Bonchev–Trinajstić information content (AvgIpc) is 3.01. The zero-order chi connectivity index (χ0) is 23.3. The molecular weight excluding hydrogens is 428 g/mol. The summed E-state index contributed by atoms with van der Waals surface area (Å²) in [6.45, 7) is 8.52. The Hall–Kier alpha value is -1.80. The van der Waals surface area contributed by atoms with E-state index in [0.29, 0.717) is 13.2 Å². The fourth-order valence-electron chi connectivity index (χ4n) is 5.75. The van der Waals surface area contributed by atoms with E-state index in [1.165, 1.54) is 16.7 Å². The molecule has 4 aliphatic heterocycles. The summed E-state index contributed by atoms with van der Waals surface area (Å²) < 4.78 is 4.08. The second-order valence-electron chi connectivity index (χ2n) is 10.3. The van der Waals surface area contributed by atoms with Crippen LogP contribution in [0.25, 0.3) is 0 Å². The predicted molar refractivity (Wildman–Crippen MR) is 123 cm³/mol. The fraction of sp³-hybridized carbons (Fsp3) is 0.708. The monoisotopic (exact) mass is 462 g/mol. The van der Waals surface area contributed by atoms with Gasteiger partial charge in [0.05, 0.1) is 29.8 Å². The standard InChI is InChI=1S/C24H34N2O5S/c1-22(2,3)26-12-9-11-24-16(19(28)25(13-14-27)18(24)20(26)29)17-21(30)31-15-8-6-5-7-10-23(17,4)32-24/h7,9-11,16-18,27H,5-6,8,12-15H2,1-4H3/b10-7-/t16-,17+,18?,23-,24-/m0/s1. The molecule has 4 rings (SSSR count). The highest BCUT2D eigenvalue weighted by molar-refractivity contribution is 8.02. The summed E-state index contributed by atoms with van der Waals surface area (Å²) >= 11 is 1.54. The van der Waals surface area contributed by atoms with Gasteiger partial charge in [-0.1, -0.05) is 24.3 Å². The topological polar surface area (TPSA) is 87.2 Å². The van der Waals surface area contributed by atoms with Crippen LogP contribution in [-0.2, 0) is 19.1 Å². The second-order valence-corrected chi connectivity index (χ2v) is 12.1. The minimum Gasteiger partial charge on any atom is -0.465 e. The van der Waals surface area contributed by atoms with Gasteiger partial charge in [0.15, 0.2) is 0 Å².